The molecule has 4 heteroatoms. The summed E-state index contributed by atoms with van der Waals surface area (Å²) in [5.74, 6) is 8.47. The van der Waals surface area contributed by atoms with Gasteiger partial charge in [-0.2, -0.15) is 5.26 Å². The molecule has 29 heavy (non-hydrogen) atoms. The average molecular weight is 422 g/mol. The fourth-order valence-electron chi connectivity index (χ4n) is 4.38. The van der Waals surface area contributed by atoms with E-state index < -0.39 is 5.82 Å². The highest BCUT2D eigenvalue weighted by Crippen LogP contribution is 2.43. The van der Waals surface area contributed by atoms with Crippen molar-refractivity contribution in [2.75, 3.05) is 0 Å². The first-order chi connectivity index (χ1) is 14.1. The standard InChI is InChI=1S/C25H25FNPS/c26-23-14-20(15-24(28)25(23)29-16-27)4-1-17-5-9-21(10-6-17)22-11-7-19(8-12-22)13-18-2-3-18/h5-6,9-10,14-15,18-19,22H,2-3,7-8,11-13,28H2. The molecule has 0 aliphatic heterocycles. The second kappa shape index (κ2) is 9.34. The highest BCUT2D eigenvalue weighted by atomic mass is 32.2. The van der Waals surface area contributed by atoms with Crippen LogP contribution in [0.4, 0.5) is 4.39 Å². The molecule has 1 nitrogen and oxygen atoms in total. The Balaban J connectivity index is 1.39. The molecule has 2 aliphatic rings. The van der Waals surface area contributed by atoms with Crippen molar-refractivity contribution < 1.29 is 4.39 Å². The fraction of sp³-hybridized carbons (Fsp3) is 0.400. The van der Waals surface area contributed by atoms with Gasteiger partial charge in [0.25, 0.3) is 0 Å². The Morgan fingerprint density at radius 2 is 1.55 bits per heavy atom. The number of rotatable bonds is 4. The van der Waals surface area contributed by atoms with Gasteiger partial charge in [0.2, 0.25) is 0 Å². The van der Waals surface area contributed by atoms with Crippen molar-refractivity contribution in [3.05, 3.63) is 58.9 Å². The largest absolute Gasteiger partial charge is 0.206 e. The fourth-order valence-corrected chi connectivity index (χ4v) is 5.30. The summed E-state index contributed by atoms with van der Waals surface area (Å²) in [4.78, 5) is 0.347. The first-order valence-electron chi connectivity index (χ1n) is 10.4. The number of thioether (sulfide) groups is 1. The van der Waals surface area contributed by atoms with Gasteiger partial charge in [0.1, 0.15) is 11.2 Å². The molecule has 0 N–H and O–H groups in total. The summed E-state index contributed by atoms with van der Waals surface area (Å²) in [7, 11) is 2.48. The minimum absolute atomic E-state index is 0.347. The third-order valence-electron chi connectivity index (χ3n) is 6.16. The van der Waals surface area contributed by atoms with Crippen LogP contribution in [0, 0.1) is 40.2 Å². The Bertz CT molecular complexity index is 948. The van der Waals surface area contributed by atoms with Crippen LogP contribution in [0.2, 0.25) is 0 Å². The molecule has 2 aromatic rings. The lowest BCUT2D eigenvalue weighted by Gasteiger charge is -2.28. The van der Waals surface area contributed by atoms with Crippen molar-refractivity contribution in [3.63, 3.8) is 0 Å². The molecule has 0 saturated heterocycles. The van der Waals surface area contributed by atoms with Crippen LogP contribution >= 0.6 is 21.0 Å². The molecule has 0 bridgehead atoms. The quantitative estimate of drug-likeness (QED) is 0.248. The van der Waals surface area contributed by atoms with E-state index in [0.29, 0.717) is 21.7 Å². The van der Waals surface area contributed by atoms with Crippen molar-refractivity contribution in [1.82, 2.24) is 0 Å². The maximum atomic E-state index is 14.1. The predicted molar refractivity (Wildman–Crippen MR) is 122 cm³/mol. The zero-order valence-corrected chi connectivity index (χ0v) is 18.4. The van der Waals surface area contributed by atoms with E-state index in [9.17, 15) is 4.39 Å². The van der Waals surface area contributed by atoms with Crippen molar-refractivity contribution in [1.29, 1.82) is 5.26 Å². The van der Waals surface area contributed by atoms with Gasteiger partial charge in [-0.25, -0.2) is 4.39 Å². The summed E-state index contributed by atoms with van der Waals surface area (Å²) in [6, 6.07) is 11.8. The summed E-state index contributed by atoms with van der Waals surface area (Å²) >= 11 is 0.834. The van der Waals surface area contributed by atoms with Crippen LogP contribution in [-0.4, -0.2) is 0 Å². The molecule has 2 saturated carbocycles. The zero-order chi connectivity index (χ0) is 20.2. The smallest absolute Gasteiger partial charge is 0.139 e. The van der Waals surface area contributed by atoms with E-state index in [1.54, 1.807) is 6.07 Å². The molecular formula is C25H25FNPS. The molecule has 1 unspecified atom stereocenters. The number of hydrogen-bond acceptors (Lipinski definition) is 2. The van der Waals surface area contributed by atoms with Crippen molar-refractivity contribution in [3.8, 4) is 17.2 Å². The van der Waals surface area contributed by atoms with Crippen LogP contribution in [0.15, 0.2) is 41.3 Å². The molecule has 2 aromatic carbocycles. The highest BCUT2D eigenvalue weighted by molar-refractivity contribution is 8.04. The minimum atomic E-state index is -0.402. The van der Waals surface area contributed by atoms with E-state index in [1.165, 1.54) is 56.6 Å². The van der Waals surface area contributed by atoms with E-state index in [0.717, 1.165) is 29.2 Å². The van der Waals surface area contributed by atoms with E-state index >= 15 is 0 Å². The maximum absolute atomic E-state index is 14.1. The van der Waals surface area contributed by atoms with E-state index in [-0.39, 0.29) is 0 Å². The number of nitriles is 1. The Morgan fingerprint density at radius 3 is 2.14 bits per heavy atom. The van der Waals surface area contributed by atoms with E-state index in [1.807, 2.05) is 5.40 Å². The third kappa shape index (κ3) is 5.42. The number of nitrogens with zero attached hydrogens (tertiary/aromatic N) is 1. The molecular weight excluding hydrogens is 396 g/mol. The van der Waals surface area contributed by atoms with Crippen molar-refractivity contribution in [2.24, 2.45) is 11.8 Å². The summed E-state index contributed by atoms with van der Waals surface area (Å²) in [6.45, 7) is 0. The maximum Gasteiger partial charge on any atom is 0.139 e. The van der Waals surface area contributed by atoms with Crippen molar-refractivity contribution >= 4 is 26.3 Å². The number of thiocyanates is 1. The van der Waals surface area contributed by atoms with Gasteiger partial charge in [0.05, 0.1) is 4.90 Å². The SMILES string of the molecule is N#CSc1c(F)cc(C#Cc2ccc(C3CCC(CC4CC4)CC3)cc2)cc1P. The summed E-state index contributed by atoms with van der Waals surface area (Å²) < 4.78 is 14.1. The first kappa shape index (κ1) is 20.5. The van der Waals surface area contributed by atoms with Crippen molar-refractivity contribution in [2.45, 2.75) is 55.8 Å². The summed E-state index contributed by atoms with van der Waals surface area (Å²) in [6.07, 6.45) is 9.79. The number of benzene rings is 2. The number of hydrogen-bond donors (Lipinski definition) is 0. The Hall–Kier alpha value is -1.80. The van der Waals surface area contributed by atoms with Gasteiger partial charge >= 0.3 is 0 Å². The molecule has 0 radical (unpaired) electrons. The molecule has 0 aromatic heterocycles. The predicted octanol–water partition coefficient (Wildman–Crippen LogP) is 6.37. The van der Waals surface area contributed by atoms with Gasteiger partial charge in [0, 0.05) is 11.1 Å². The summed E-state index contributed by atoms with van der Waals surface area (Å²) in [5, 5.41) is 11.3. The van der Waals surface area contributed by atoms with Crippen LogP contribution in [0.1, 0.15) is 67.6 Å². The molecule has 148 valence electrons. The van der Waals surface area contributed by atoms with Gasteiger partial charge in [-0.3, -0.25) is 0 Å². The van der Waals surface area contributed by atoms with Gasteiger partial charge in [-0.15, -0.1) is 9.24 Å². The minimum Gasteiger partial charge on any atom is -0.206 e. The van der Waals surface area contributed by atoms with Gasteiger partial charge in [0.15, 0.2) is 0 Å². The lowest BCUT2D eigenvalue weighted by atomic mass is 9.77. The van der Waals surface area contributed by atoms with Crippen LogP contribution < -0.4 is 5.30 Å². The van der Waals surface area contributed by atoms with Crippen LogP contribution in [0.25, 0.3) is 0 Å². The molecule has 4 rings (SSSR count). The Morgan fingerprint density at radius 1 is 0.931 bits per heavy atom. The van der Waals surface area contributed by atoms with E-state index in [2.05, 4.69) is 45.3 Å². The van der Waals surface area contributed by atoms with Crippen LogP contribution in [0.5, 0.6) is 0 Å². The topological polar surface area (TPSA) is 23.8 Å². The lowest BCUT2D eigenvalue weighted by molar-refractivity contribution is 0.299. The normalized spacial score (nSPS) is 21.1. The van der Waals surface area contributed by atoms with Crippen LogP contribution in [-0.2, 0) is 0 Å². The molecule has 0 spiro atoms. The Labute approximate surface area is 179 Å². The molecule has 2 aliphatic carbocycles. The first-order valence-corrected chi connectivity index (χ1v) is 11.8. The van der Waals surface area contributed by atoms with Crippen LogP contribution in [0.3, 0.4) is 0 Å². The molecule has 0 heterocycles. The second-order valence-electron chi connectivity index (χ2n) is 8.34. The van der Waals surface area contributed by atoms with Gasteiger partial charge < -0.3 is 0 Å². The molecule has 2 fully saturated rings. The summed E-state index contributed by atoms with van der Waals surface area (Å²) in [5.41, 5.74) is 2.99. The van der Waals surface area contributed by atoms with Gasteiger partial charge in [-0.1, -0.05) is 36.8 Å². The monoisotopic (exact) mass is 421 g/mol. The molecule has 1 atom stereocenters. The Kier molecular flexibility index (Phi) is 6.60. The highest BCUT2D eigenvalue weighted by Gasteiger charge is 2.28. The van der Waals surface area contributed by atoms with Gasteiger partial charge in [-0.05, 0) is 96.8 Å². The average Bonchev–Trinajstić information content (AvgIpc) is 3.54. The third-order valence-corrected chi connectivity index (χ3v) is 7.55. The lowest BCUT2D eigenvalue weighted by Crippen LogP contribution is -2.13. The zero-order valence-electron chi connectivity index (χ0n) is 16.5. The number of halogens is 1. The second-order valence-corrected chi connectivity index (χ2v) is 9.76. The molecule has 0 amide bonds. The van der Waals surface area contributed by atoms with E-state index in [4.69, 9.17) is 5.26 Å².